The number of alkyl halides is 6. The second-order valence-corrected chi connectivity index (χ2v) is 9.30. The van der Waals surface area contributed by atoms with Crippen molar-refractivity contribution < 1.29 is 49.1 Å². The number of sulfone groups is 1. The number of carboxylic acid groups (broad SMARTS) is 1. The molecule has 2 aromatic carbocycles. The van der Waals surface area contributed by atoms with Crippen LogP contribution in [0.15, 0.2) is 53.8 Å². The fourth-order valence-corrected chi connectivity index (χ4v) is 3.32. The van der Waals surface area contributed by atoms with Crippen LogP contribution in [0.2, 0.25) is 0 Å². The first-order chi connectivity index (χ1) is 16.9. The molecule has 0 bridgehead atoms. The van der Waals surface area contributed by atoms with E-state index in [1.54, 1.807) is 0 Å². The van der Waals surface area contributed by atoms with Gasteiger partial charge in [-0.25, -0.2) is 27.6 Å². The van der Waals surface area contributed by atoms with Crippen molar-refractivity contribution in [1.29, 1.82) is 0 Å². The van der Waals surface area contributed by atoms with Gasteiger partial charge in [-0.15, -0.1) is 6.54 Å². The summed E-state index contributed by atoms with van der Waals surface area (Å²) in [6, 6.07) is 6.32. The van der Waals surface area contributed by atoms with Crippen LogP contribution in [0.1, 0.15) is 27.0 Å². The Morgan fingerprint density at radius 3 is 1.89 bits per heavy atom. The Hall–Kier alpha value is -3.59. The summed E-state index contributed by atoms with van der Waals surface area (Å²) in [5.74, 6) is -1.80. The van der Waals surface area contributed by atoms with Gasteiger partial charge < -0.3 is 10.4 Å². The topological polar surface area (TPSA) is 111 Å². The average Bonchev–Trinajstić information content (AvgIpc) is 2.78. The lowest BCUT2D eigenvalue weighted by atomic mass is 10.0. The smallest absolute Gasteiger partial charge is 0.416 e. The number of carbonyl (C=O) groups is 1. The SMILES string of the molecule is CS(=O)(=O)c1ncc(C(=O)O)c(-c2ccc(F)cc2)n1.C[N-]Cc1cc(C(F)(F)F)cc(C(F)(F)F)c1. The summed E-state index contributed by atoms with van der Waals surface area (Å²) in [7, 11) is -2.36. The van der Waals surface area contributed by atoms with E-state index in [1.807, 2.05) is 0 Å². The second-order valence-electron chi connectivity index (χ2n) is 7.39. The van der Waals surface area contributed by atoms with E-state index < -0.39 is 50.3 Å². The first-order valence-electron chi connectivity index (χ1n) is 9.83. The standard InChI is InChI=1S/C12H9FN2O4S.C10H8F6N/c1-20(18,19)12-14-6-9(11(16)17)10(15-12)7-2-4-8(13)5-3-7;1-17-5-6-2-7(9(11,12)13)4-8(3-6)10(14,15)16/h2-6H,1H3,(H,16,17);2-4H,5H2,1H3/q;-1. The molecular formula is C22H17F7N3O4S-. The predicted octanol–water partition coefficient (Wildman–Crippen LogP) is 5.61. The van der Waals surface area contributed by atoms with Crippen LogP contribution in [0.4, 0.5) is 30.7 Å². The molecule has 0 saturated heterocycles. The van der Waals surface area contributed by atoms with Gasteiger partial charge >= 0.3 is 18.3 Å². The van der Waals surface area contributed by atoms with Gasteiger partial charge in [0.05, 0.1) is 16.8 Å². The molecule has 0 unspecified atom stereocenters. The molecule has 0 aliphatic rings. The van der Waals surface area contributed by atoms with Crippen LogP contribution >= 0.6 is 0 Å². The molecule has 0 spiro atoms. The highest BCUT2D eigenvalue weighted by atomic mass is 32.2. The highest BCUT2D eigenvalue weighted by molar-refractivity contribution is 7.90. The first kappa shape index (κ1) is 29.6. The Balaban J connectivity index is 0.000000264. The first-order valence-corrected chi connectivity index (χ1v) is 11.7. The molecule has 0 saturated carbocycles. The Morgan fingerprint density at radius 2 is 1.49 bits per heavy atom. The summed E-state index contributed by atoms with van der Waals surface area (Å²) in [5, 5.41) is 12.1. The monoisotopic (exact) mass is 552 g/mol. The number of nitrogens with zero attached hydrogens (tertiary/aromatic N) is 3. The van der Waals surface area contributed by atoms with E-state index in [2.05, 4.69) is 15.3 Å². The quantitative estimate of drug-likeness (QED) is 0.325. The van der Waals surface area contributed by atoms with Crippen LogP contribution in [-0.4, -0.2) is 42.8 Å². The average molecular weight is 552 g/mol. The molecule has 3 rings (SSSR count). The Kier molecular flexibility index (Phi) is 8.98. The maximum Gasteiger partial charge on any atom is 0.416 e. The summed E-state index contributed by atoms with van der Waals surface area (Å²) < 4.78 is 110. The predicted molar refractivity (Wildman–Crippen MR) is 117 cm³/mol. The highest BCUT2D eigenvalue weighted by Gasteiger charge is 2.36. The van der Waals surface area contributed by atoms with Gasteiger partial charge in [-0.1, -0.05) is 5.56 Å². The maximum absolute atomic E-state index is 12.9. The molecule has 0 atom stereocenters. The normalized spacial score (nSPS) is 12.0. The van der Waals surface area contributed by atoms with Crippen molar-refractivity contribution in [2.45, 2.75) is 24.1 Å². The van der Waals surface area contributed by atoms with Gasteiger partial charge in [0.2, 0.25) is 15.0 Å². The Labute approximate surface area is 205 Å². The third kappa shape index (κ3) is 8.21. The number of benzene rings is 2. The van der Waals surface area contributed by atoms with Gasteiger partial charge in [-0.05, 0) is 42.5 Å². The van der Waals surface area contributed by atoms with Crippen molar-refractivity contribution in [3.8, 4) is 11.3 Å². The zero-order valence-electron chi connectivity index (χ0n) is 18.9. The molecule has 0 fully saturated rings. The van der Waals surface area contributed by atoms with E-state index in [1.165, 1.54) is 19.2 Å². The summed E-state index contributed by atoms with van der Waals surface area (Å²) in [5.41, 5.74) is -2.79. The molecule has 3 aromatic rings. The largest absolute Gasteiger partial charge is 0.661 e. The van der Waals surface area contributed by atoms with Crippen LogP contribution in [0.25, 0.3) is 16.6 Å². The van der Waals surface area contributed by atoms with Crippen molar-refractivity contribution in [3.05, 3.63) is 82.0 Å². The minimum atomic E-state index is -4.80. The van der Waals surface area contributed by atoms with Crippen molar-refractivity contribution in [2.24, 2.45) is 0 Å². The molecule has 37 heavy (non-hydrogen) atoms. The van der Waals surface area contributed by atoms with E-state index in [9.17, 15) is 43.9 Å². The van der Waals surface area contributed by atoms with E-state index in [-0.39, 0.29) is 35.0 Å². The van der Waals surface area contributed by atoms with Gasteiger partial charge in [0.25, 0.3) is 0 Å². The zero-order chi connectivity index (χ0) is 28.2. The van der Waals surface area contributed by atoms with Gasteiger partial charge in [0, 0.05) is 18.0 Å². The summed E-state index contributed by atoms with van der Waals surface area (Å²) >= 11 is 0. The van der Waals surface area contributed by atoms with Gasteiger partial charge in [-0.3, -0.25) is 0 Å². The lowest BCUT2D eigenvalue weighted by Gasteiger charge is -2.17. The molecule has 0 aliphatic heterocycles. The van der Waals surface area contributed by atoms with Crippen LogP contribution in [-0.2, 0) is 28.7 Å². The van der Waals surface area contributed by atoms with E-state index in [0.717, 1.165) is 24.6 Å². The summed E-state index contributed by atoms with van der Waals surface area (Å²) in [6.07, 6.45) is -7.77. The van der Waals surface area contributed by atoms with Crippen molar-refractivity contribution >= 4 is 15.8 Å². The fourth-order valence-electron chi connectivity index (χ4n) is 2.82. The number of aromatic carboxylic acids is 1. The minimum absolute atomic E-state index is 0.0760. The highest BCUT2D eigenvalue weighted by Crippen LogP contribution is 2.36. The van der Waals surface area contributed by atoms with E-state index in [4.69, 9.17) is 5.11 Å². The third-order valence-corrected chi connectivity index (χ3v) is 5.29. The maximum atomic E-state index is 12.9. The molecule has 0 aliphatic carbocycles. The molecule has 7 nitrogen and oxygen atoms in total. The number of halogens is 7. The molecular weight excluding hydrogens is 535 g/mol. The molecule has 200 valence electrons. The van der Waals surface area contributed by atoms with Crippen molar-refractivity contribution in [2.75, 3.05) is 13.3 Å². The fraction of sp³-hybridized carbons (Fsp3) is 0.227. The third-order valence-electron chi connectivity index (χ3n) is 4.43. The van der Waals surface area contributed by atoms with Crippen LogP contribution in [0.3, 0.4) is 0 Å². The number of hydrogen-bond acceptors (Lipinski definition) is 5. The van der Waals surface area contributed by atoms with Crippen LogP contribution < -0.4 is 0 Å². The number of rotatable bonds is 5. The second kappa shape index (κ2) is 11.2. The molecule has 1 aromatic heterocycles. The minimum Gasteiger partial charge on any atom is -0.661 e. The van der Waals surface area contributed by atoms with Gasteiger partial charge in [-0.2, -0.15) is 33.4 Å². The molecule has 15 heteroatoms. The Morgan fingerprint density at radius 1 is 0.973 bits per heavy atom. The number of hydrogen-bond donors (Lipinski definition) is 1. The number of carboxylic acids is 1. The lowest BCUT2D eigenvalue weighted by Crippen LogP contribution is -2.11. The number of aromatic nitrogens is 2. The lowest BCUT2D eigenvalue weighted by molar-refractivity contribution is -0.143. The zero-order valence-corrected chi connectivity index (χ0v) is 19.7. The molecule has 0 radical (unpaired) electrons. The molecule has 1 N–H and O–H groups in total. The van der Waals surface area contributed by atoms with Gasteiger partial charge in [0.15, 0.2) is 0 Å². The van der Waals surface area contributed by atoms with Crippen LogP contribution in [0.5, 0.6) is 0 Å². The molecule has 0 amide bonds. The van der Waals surface area contributed by atoms with E-state index >= 15 is 0 Å². The molecule has 1 heterocycles. The summed E-state index contributed by atoms with van der Waals surface area (Å²) in [4.78, 5) is 18.4. The van der Waals surface area contributed by atoms with Gasteiger partial charge in [0.1, 0.15) is 11.4 Å². The summed E-state index contributed by atoms with van der Waals surface area (Å²) in [6.45, 7) is -0.188. The van der Waals surface area contributed by atoms with Crippen molar-refractivity contribution in [1.82, 2.24) is 9.97 Å². The van der Waals surface area contributed by atoms with E-state index in [0.29, 0.717) is 12.1 Å². The van der Waals surface area contributed by atoms with Crippen molar-refractivity contribution in [3.63, 3.8) is 0 Å². The van der Waals surface area contributed by atoms with Crippen LogP contribution in [0, 0.1) is 5.82 Å². The Bertz CT molecular complexity index is 1340.